The zero-order valence-corrected chi connectivity index (χ0v) is 10.2. The van der Waals surface area contributed by atoms with Crippen molar-refractivity contribution in [2.24, 2.45) is 16.5 Å². The summed E-state index contributed by atoms with van der Waals surface area (Å²) in [5.41, 5.74) is 11.7. The van der Waals surface area contributed by atoms with Crippen LogP contribution < -0.4 is 11.5 Å². The molecule has 17 heavy (non-hydrogen) atoms. The van der Waals surface area contributed by atoms with Gasteiger partial charge in [0.2, 0.25) is 0 Å². The second-order valence-electron chi connectivity index (χ2n) is 4.79. The maximum atomic E-state index is 11.1. The Morgan fingerprint density at radius 1 is 1.29 bits per heavy atom. The highest BCUT2D eigenvalue weighted by Gasteiger charge is 2.22. The molecule has 0 amide bonds. The molecule has 0 spiro atoms. The van der Waals surface area contributed by atoms with Gasteiger partial charge in [0.05, 0.1) is 11.3 Å². The van der Waals surface area contributed by atoms with Crippen molar-refractivity contribution in [1.29, 1.82) is 0 Å². The van der Waals surface area contributed by atoms with Crippen LogP contribution in [0.4, 0.5) is 5.69 Å². The van der Waals surface area contributed by atoms with Crippen molar-refractivity contribution in [3.63, 3.8) is 0 Å². The maximum Gasteiger partial charge on any atom is 0.337 e. The molecule has 0 aromatic heterocycles. The predicted molar refractivity (Wildman–Crippen MR) is 67.6 cm³/mol. The van der Waals surface area contributed by atoms with Crippen LogP contribution >= 0.6 is 0 Å². The number of nitrogens with two attached hydrogens (primary N) is 2. The fraction of sp³-hybridized carbons (Fsp3) is 0.333. The first-order valence-corrected chi connectivity index (χ1v) is 5.20. The van der Waals surface area contributed by atoms with E-state index in [1.54, 1.807) is 6.07 Å². The number of hydrogen-bond donors (Lipinski definition) is 3. The van der Waals surface area contributed by atoms with Gasteiger partial charge in [-0.25, -0.2) is 9.79 Å². The van der Waals surface area contributed by atoms with Crippen LogP contribution in [-0.4, -0.2) is 17.0 Å². The van der Waals surface area contributed by atoms with Crippen molar-refractivity contribution in [2.45, 2.75) is 26.2 Å². The summed E-state index contributed by atoms with van der Waals surface area (Å²) in [5, 5.41) is 9.12. The number of nitrogens with zero attached hydrogens (tertiary/aromatic N) is 1. The monoisotopic (exact) mass is 235 g/mol. The third kappa shape index (κ3) is 2.96. The Morgan fingerprint density at radius 2 is 1.88 bits per heavy atom. The minimum Gasteiger partial charge on any atom is -0.478 e. The van der Waals surface area contributed by atoms with Crippen molar-refractivity contribution < 1.29 is 9.90 Å². The Morgan fingerprint density at radius 3 is 2.29 bits per heavy atom. The standard InChI is InChI=1S/C12H17N3O2/c1-12(2,3)8-6-4-5-7(10(16)17)9(8)15-11(13)14/h4-6H,1-3H3,(H,16,17)(H4,13,14,15). The normalized spacial score (nSPS) is 11.0. The van der Waals surface area contributed by atoms with E-state index >= 15 is 0 Å². The average Bonchev–Trinajstić information content (AvgIpc) is 2.14. The summed E-state index contributed by atoms with van der Waals surface area (Å²) in [6.45, 7) is 5.92. The molecule has 0 fully saturated rings. The largest absolute Gasteiger partial charge is 0.478 e. The summed E-state index contributed by atoms with van der Waals surface area (Å²) >= 11 is 0. The van der Waals surface area contributed by atoms with E-state index in [4.69, 9.17) is 16.6 Å². The zero-order chi connectivity index (χ0) is 13.2. The maximum absolute atomic E-state index is 11.1. The minimum atomic E-state index is -1.05. The average molecular weight is 235 g/mol. The van der Waals surface area contributed by atoms with E-state index in [9.17, 15) is 4.79 Å². The van der Waals surface area contributed by atoms with Gasteiger partial charge < -0.3 is 16.6 Å². The quantitative estimate of drug-likeness (QED) is 0.535. The van der Waals surface area contributed by atoms with Crippen LogP contribution in [0, 0.1) is 0 Å². The molecule has 0 heterocycles. The Bertz CT molecular complexity index is 469. The fourth-order valence-electron chi connectivity index (χ4n) is 1.57. The van der Waals surface area contributed by atoms with Crippen molar-refractivity contribution in [1.82, 2.24) is 0 Å². The second-order valence-corrected chi connectivity index (χ2v) is 4.79. The van der Waals surface area contributed by atoms with Crippen LogP contribution in [0.15, 0.2) is 23.2 Å². The molecule has 0 radical (unpaired) electrons. The molecule has 0 aliphatic rings. The van der Waals surface area contributed by atoms with Gasteiger partial charge in [-0.3, -0.25) is 0 Å². The highest BCUT2D eigenvalue weighted by atomic mass is 16.4. The first-order valence-electron chi connectivity index (χ1n) is 5.20. The topological polar surface area (TPSA) is 102 Å². The van der Waals surface area contributed by atoms with E-state index in [1.165, 1.54) is 6.07 Å². The molecule has 0 aliphatic carbocycles. The van der Waals surface area contributed by atoms with Gasteiger partial charge in [0, 0.05) is 0 Å². The van der Waals surface area contributed by atoms with Gasteiger partial charge in [-0.2, -0.15) is 0 Å². The summed E-state index contributed by atoms with van der Waals surface area (Å²) in [5.74, 6) is -1.19. The molecule has 0 saturated heterocycles. The van der Waals surface area contributed by atoms with Gasteiger partial charge in [-0.15, -0.1) is 0 Å². The molecule has 0 atom stereocenters. The third-order valence-corrected chi connectivity index (χ3v) is 2.32. The van der Waals surface area contributed by atoms with Gasteiger partial charge >= 0.3 is 5.97 Å². The first kappa shape index (κ1) is 13.0. The van der Waals surface area contributed by atoms with Gasteiger partial charge in [-0.05, 0) is 17.0 Å². The molecule has 5 nitrogen and oxygen atoms in total. The van der Waals surface area contributed by atoms with Crippen LogP contribution in [0.3, 0.4) is 0 Å². The third-order valence-electron chi connectivity index (χ3n) is 2.32. The van der Waals surface area contributed by atoms with Crippen molar-refractivity contribution in [3.8, 4) is 0 Å². The first-order chi connectivity index (χ1) is 7.73. The summed E-state index contributed by atoms with van der Waals surface area (Å²) in [4.78, 5) is 15.1. The smallest absolute Gasteiger partial charge is 0.337 e. The zero-order valence-electron chi connectivity index (χ0n) is 10.2. The van der Waals surface area contributed by atoms with Crippen molar-refractivity contribution in [3.05, 3.63) is 29.3 Å². The Kier molecular flexibility index (Phi) is 3.41. The Balaban J connectivity index is 3.57. The second kappa shape index (κ2) is 4.45. The SMILES string of the molecule is CC(C)(C)c1cccc(C(=O)O)c1N=C(N)N. The molecule has 0 aliphatic heterocycles. The number of aromatic carboxylic acids is 1. The van der Waals surface area contributed by atoms with E-state index in [1.807, 2.05) is 26.8 Å². The van der Waals surface area contributed by atoms with Crippen molar-refractivity contribution in [2.75, 3.05) is 0 Å². The molecule has 5 N–H and O–H groups in total. The van der Waals surface area contributed by atoms with Crippen LogP contribution in [0.25, 0.3) is 0 Å². The van der Waals surface area contributed by atoms with Gasteiger partial charge in [-0.1, -0.05) is 32.9 Å². The van der Waals surface area contributed by atoms with E-state index in [0.717, 1.165) is 5.56 Å². The molecule has 1 rings (SSSR count). The van der Waals surface area contributed by atoms with Crippen LogP contribution in [0.5, 0.6) is 0 Å². The summed E-state index contributed by atoms with van der Waals surface area (Å²) in [7, 11) is 0. The van der Waals surface area contributed by atoms with Gasteiger partial charge in [0.1, 0.15) is 0 Å². The number of para-hydroxylation sites is 1. The van der Waals surface area contributed by atoms with E-state index in [2.05, 4.69) is 4.99 Å². The molecule has 0 bridgehead atoms. The molecule has 5 heteroatoms. The van der Waals surface area contributed by atoms with E-state index < -0.39 is 5.97 Å². The minimum absolute atomic E-state index is 0.103. The highest BCUT2D eigenvalue weighted by Crippen LogP contribution is 2.34. The lowest BCUT2D eigenvalue weighted by atomic mass is 9.84. The molecular weight excluding hydrogens is 218 g/mol. The lowest BCUT2D eigenvalue weighted by Crippen LogP contribution is -2.23. The summed E-state index contributed by atoms with van der Waals surface area (Å²) < 4.78 is 0. The Labute approximate surface area is 100 Å². The fourth-order valence-corrected chi connectivity index (χ4v) is 1.57. The lowest BCUT2D eigenvalue weighted by Gasteiger charge is -2.22. The number of hydrogen-bond acceptors (Lipinski definition) is 2. The lowest BCUT2D eigenvalue weighted by molar-refractivity contribution is 0.0697. The number of benzene rings is 1. The molecule has 92 valence electrons. The van der Waals surface area contributed by atoms with Crippen LogP contribution in [0.2, 0.25) is 0 Å². The van der Waals surface area contributed by atoms with Gasteiger partial charge in [0.15, 0.2) is 5.96 Å². The van der Waals surface area contributed by atoms with Crippen LogP contribution in [-0.2, 0) is 5.41 Å². The number of carboxylic acid groups (broad SMARTS) is 1. The number of rotatable bonds is 2. The highest BCUT2D eigenvalue weighted by molar-refractivity contribution is 5.96. The van der Waals surface area contributed by atoms with Crippen molar-refractivity contribution >= 4 is 17.6 Å². The van der Waals surface area contributed by atoms with E-state index in [-0.39, 0.29) is 16.9 Å². The molecule has 1 aromatic rings. The predicted octanol–water partition coefficient (Wildman–Crippen LogP) is 1.59. The van der Waals surface area contributed by atoms with Gasteiger partial charge in [0.25, 0.3) is 0 Å². The Hall–Kier alpha value is -2.04. The van der Waals surface area contributed by atoms with E-state index in [0.29, 0.717) is 5.69 Å². The molecule has 0 saturated carbocycles. The van der Waals surface area contributed by atoms with Crippen LogP contribution in [0.1, 0.15) is 36.7 Å². The molecule has 1 aromatic carbocycles. The number of carboxylic acids is 1. The number of guanidine groups is 1. The summed E-state index contributed by atoms with van der Waals surface area (Å²) in [6.07, 6.45) is 0. The number of carbonyl (C=O) groups is 1. The molecule has 0 unspecified atom stereocenters. The number of aliphatic imine (C=N–C) groups is 1. The summed E-state index contributed by atoms with van der Waals surface area (Å²) in [6, 6.07) is 5.00. The molecular formula is C12H17N3O2.